The van der Waals surface area contributed by atoms with Gasteiger partial charge in [0.2, 0.25) is 5.78 Å². The Morgan fingerprint density at radius 1 is 0.897 bits per heavy atom. The van der Waals surface area contributed by atoms with Crippen LogP contribution in [0.2, 0.25) is 0 Å². The molecule has 8 heteroatoms. The second kappa shape index (κ2) is 11.7. The predicted octanol–water partition coefficient (Wildman–Crippen LogP) is 5.07. The van der Waals surface area contributed by atoms with Crippen LogP contribution in [0.15, 0.2) is 82.9 Å². The second-order valence-electron chi connectivity index (χ2n) is 10.3. The van der Waals surface area contributed by atoms with Crippen molar-refractivity contribution in [2.45, 2.75) is 48.9 Å². The van der Waals surface area contributed by atoms with Crippen molar-refractivity contribution in [2.75, 3.05) is 31.1 Å². The van der Waals surface area contributed by atoms with Gasteiger partial charge < -0.3 is 9.80 Å². The minimum Gasteiger partial charge on any atom is -0.357 e. The van der Waals surface area contributed by atoms with Crippen LogP contribution in [-0.4, -0.2) is 57.3 Å². The van der Waals surface area contributed by atoms with Crippen LogP contribution < -0.4 is 10.5 Å². The smallest absolute Gasteiger partial charge is 0.270 e. The Bertz CT molecular complexity index is 1490. The number of rotatable bonds is 7. The lowest BCUT2D eigenvalue weighted by molar-refractivity contribution is 0.103. The number of hydrogen-bond donors (Lipinski definition) is 0. The molecule has 2 fully saturated rings. The average molecular weight is 540 g/mol. The van der Waals surface area contributed by atoms with Gasteiger partial charge in [-0.15, -0.1) is 11.8 Å². The van der Waals surface area contributed by atoms with Crippen LogP contribution in [0.5, 0.6) is 0 Å². The number of benzene rings is 1. The first-order valence-electron chi connectivity index (χ1n) is 13.9. The van der Waals surface area contributed by atoms with Gasteiger partial charge in [0.25, 0.3) is 5.56 Å². The predicted molar refractivity (Wildman–Crippen MR) is 156 cm³/mol. The van der Waals surface area contributed by atoms with E-state index in [-0.39, 0.29) is 16.9 Å². The molecule has 0 N–H and O–H groups in total. The summed E-state index contributed by atoms with van der Waals surface area (Å²) in [5.41, 5.74) is 1.77. The Kier molecular flexibility index (Phi) is 7.74. The molecule has 39 heavy (non-hydrogen) atoms. The van der Waals surface area contributed by atoms with Crippen LogP contribution in [0.1, 0.15) is 53.6 Å². The number of anilines is 1. The van der Waals surface area contributed by atoms with E-state index in [2.05, 4.69) is 14.8 Å². The van der Waals surface area contributed by atoms with E-state index in [0.29, 0.717) is 28.0 Å². The third-order valence-corrected chi connectivity index (χ3v) is 8.90. The molecule has 3 aromatic heterocycles. The average Bonchev–Trinajstić information content (AvgIpc) is 3.01. The number of carbonyl (C=O) groups is 1. The van der Waals surface area contributed by atoms with Crippen LogP contribution in [-0.2, 0) is 5.75 Å². The van der Waals surface area contributed by atoms with E-state index in [1.807, 2.05) is 42.5 Å². The zero-order valence-corrected chi connectivity index (χ0v) is 22.9. The fraction of sp³-hybridized carbons (Fsp3) is 0.355. The highest BCUT2D eigenvalue weighted by atomic mass is 32.2. The highest BCUT2D eigenvalue weighted by Gasteiger charge is 2.27. The topological polar surface area (TPSA) is 70.8 Å². The summed E-state index contributed by atoms with van der Waals surface area (Å²) in [5, 5.41) is 0.448. The van der Waals surface area contributed by atoms with Gasteiger partial charge in [0.15, 0.2) is 0 Å². The van der Waals surface area contributed by atoms with Crippen molar-refractivity contribution >= 4 is 29.0 Å². The molecule has 200 valence electrons. The van der Waals surface area contributed by atoms with E-state index in [0.717, 1.165) is 37.3 Å². The zero-order valence-electron chi connectivity index (χ0n) is 22.0. The summed E-state index contributed by atoms with van der Waals surface area (Å²) in [6.45, 7) is 4.40. The molecule has 1 aromatic carbocycles. The molecule has 4 aromatic rings. The normalized spacial score (nSPS) is 17.0. The fourth-order valence-electron chi connectivity index (χ4n) is 5.69. The molecule has 0 spiro atoms. The third-order valence-electron chi connectivity index (χ3n) is 7.85. The summed E-state index contributed by atoms with van der Waals surface area (Å²) in [4.78, 5) is 41.6. The monoisotopic (exact) mass is 539 g/mol. The largest absolute Gasteiger partial charge is 0.357 e. The first-order valence-corrected chi connectivity index (χ1v) is 14.8. The molecule has 0 radical (unpaired) electrons. The summed E-state index contributed by atoms with van der Waals surface area (Å²) >= 11 is 1.41. The van der Waals surface area contributed by atoms with Crippen LogP contribution in [0.3, 0.4) is 0 Å². The van der Waals surface area contributed by atoms with Gasteiger partial charge in [0.05, 0.1) is 0 Å². The quantitative estimate of drug-likeness (QED) is 0.185. The molecule has 0 unspecified atom stereocenters. The molecule has 5 heterocycles. The maximum Gasteiger partial charge on any atom is 0.270 e. The van der Waals surface area contributed by atoms with Gasteiger partial charge in [-0.25, -0.2) is 9.97 Å². The van der Waals surface area contributed by atoms with Crippen LogP contribution in [0.4, 0.5) is 5.82 Å². The minimum absolute atomic E-state index is 0.0940. The first-order chi connectivity index (χ1) is 19.2. The molecular formula is C31H33N5O2S. The van der Waals surface area contributed by atoms with Crippen molar-refractivity contribution in [3.05, 3.63) is 100 Å². The van der Waals surface area contributed by atoms with Gasteiger partial charge in [-0.1, -0.05) is 42.8 Å². The van der Waals surface area contributed by atoms with Crippen LogP contribution in [0, 0.1) is 0 Å². The molecule has 0 bridgehead atoms. The van der Waals surface area contributed by atoms with E-state index >= 15 is 0 Å². The Morgan fingerprint density at radius 2 is 1.67 bits per heavy atom. The standard InChI is InChI=1S/C31H33N5O2S/c37-29(24-12-13-26(32-21-24)35-19-14-25(15-20-35)34-16-6-2-7-17-34)28-30(39-22-23-9-3-1-4-10-23)33-27-11-5-8-18-36(27)31(28)38/h1,3-5,8-13,18,21,25H,2,6-7,14-17,19-20,22H2. The number of ketones is 1. The summed E-state index contributed by atoms with van der Waals surface area (Å²) in [5.74, 6) is 1.15. The van der Waals surface area contributed by atoms with Gasteiger partial charge in [0, 0.05) is 42.8 Å². The van der Waals surface area contributed by atoms with Gasteiger partial charge in [-0.2, -0.15) is 0 Å². The van der Waals surface area contributed by atoms with E-state index in [4.69, 9.17) is 4.98 Å². The summed E-state index contributed by atoms with van der Waals surface area (Å²) in [6.07, 6.45) is 9.55. The summed E-state index contributed by atoms with van der Waals surface area (Å²) in [6, 6.07) is 19.8. The van der Waals surface area contributed by atoms with E-state index in [9.17, 15) is 9.59 Å². The second-order valence-corrected chi connectivity index (χ2v) is 11.3. The maximum atomic E-state index is 13.7. The van der Waals surface area contributed by atoms with Crippen molar-refractivity contribution in [1.82, 2.24) is 19.3 Å². The van der Waals surface area contributed by atoms with E-state index in [1.165, 1.54) is 48.5 Å². The number of pyridine rings is 2. The van der Waals surface area contributed by atoms with Gasteiger partial charge >= 0.3 is 0 Å². The highest BCUT2D eigenvalue weighted by molar-refractivity contribution is 7.98. The number of fused-ring (bicyclic) bond motifs is 1. The van der Waals surface area contributed by atoms with Gasteiger partial charge in [0.1, 0.15) is 22.1 Å². The lowest BCUT2D eigenvalue weighted by Gasteiger charge is -2.40. The number of carbonyl (C=O) groups excluding carboxylic acids is 1. The van der Waals surface area contributed by atoms with Crippen molar-refractivity contribution in [3.8, 4) is 0 Å². The Balaban J connectivity index is 1.22. The molecule has 2 saturated heterocycles. The molecule has 0 atom stereocenters. The fourth-order valence-corrected chi connectivity index (χ4v) is 6.67. The zero-order chi connectivity index (χ0) is 26.6. The molecule has 0 amide bonds. The molecule has 6 rings (SSSR count). The van der Waals surface area contributed by atoms with E-state index in [1.54, 1.807) is 30.6 Å². The van der Waals surface area contributed by atoms with Crippen molar-refractivity contribution in [2.24, 2.45) is 0 Å². The van der Waals surface area contributed by atoms with Crippen LogP contribution >= 0.6 is 11.8 Å². The molecule has 7 nitrogen and oxygen atoms in total. The Labute approximate surface area is 232 Å². The number of piperidine rings is 2. The number of aromatic nitrogens is 3. The van der Waals surface area contributed by atoms with Crippen molar-refractivity contribution < 1.29 is 4.79 Å². The molecule has 2 aliphatic heterocycles. The van der Waals surface area contributed by atoms with Crippen molar-refractivity contribution in [3.63, 3.8) is 0 Å². The SMILES string of the molecule is O=C(c1ccc(N2CCC(N3CCCCC3)CC2)nc1)c1c(SCc2ccccc2)nc2ccccn2c1=O. The Morgan fingerprint density at radius 3 is 2.41 bits per heavy atom. The number of likely N-dealkylation sites (tertiary alicyclic amines) is 1. The highest BCUT2D eigenvalue weighted by Crippen LogP contribution is 2.27. The Hall–Kier alpha value is -3.49. The lowest BCUT2D eigenvalue weighted by atomic mass is 10.00. The number of thioether (sulfide) groups is 1. The number of hydrogen-bond acceptors (Lipinski definition) is 7. The number of nitrogens with zero attached hydrogens (tertiary/aromatic N) is 5. The first kappa shape index (κ1) is 25.8. The molecule has 2 aliphatic rings. The molecule has 0 saturated carbocycles. The lowest BCUT2D eigenvalue weighted by Crippen LogP contribution is -2.46. The van der Waals surface area contributed by atoms with Crippen LogP contribution in [0.25, 0.3) is 5.65 Å². The summed E-state index contributed by atoms with van der Waals surface area (Å²) in [7, 11) is 0. The molecule has 0 aliphatic carbocycles. The summed E-state index contributed by atoms with van der Waals surface area (Å²) < 4.78 is 1.44. The molecular weight excluding hydrogens is 506 g/mol. The van der Waals surface area contributed by atoms with Gasteiger partial charge in [-0.05, 0) is 68.6 Å². The third kappa shape index (κ3) is 5.63. The van der Waals surface area contributed by atoms with E-state index < -0.39 is 0 Å². The van der Waals surface area contributed by atoms with Crippen molar-refractivity contribution in [1.29, 1.82) is 0 Å². The maximum absolute atomic E-state index is 13.7. The minimum atomic E-state index is -0.356. The van der Waals surface area contributed by atoms with Gasteiger partial charge in [-0.3, -0.25) is 14.0 Å².